The number of rotatable bonds is 4. The fourth-order valence-electron chi connectivity index (χ4n) is 3.01. The summed E-state index contributed by atoms with van der Waals surface area (Å²) in [6.07, 6.45) is 1.75. The molecule has 4 aromatic rings. The highest BCUT2D eigenvalue weighted by Gasteiger charge is 2.20. The van der Waals surface area contributed by atoms with Crippen LogP contribution in [0.15, 0.2) is 59.1 Å². The molecule has 0 aliphatic carbocycles. The van der Waals surface area contributed by atoms with Crippen molar-refractivity contribution in [3.8, 4) is 11.5 Å². The Balaban J connectivity index is 1.77. The molecule has 4 rings (SSSR count). The molecule has 0 fully saturated rings. The van der Waals surface area contributed by atoms with Gasteiger partial charge in [-0.1, -0.05) is 6.07 Å². The fraction of sp³-hybridized carbons (Fsp3) is 0.143. The SMILES string of the molecule is CCOC(=O)c1c(C)oc2ccc(Oc3cccc4ncccc34)cc12. The van der Waals surface area contributed by atoms with E-state index in [2.05, 4.69) is 4.98 Å². The van der Waals surface area contributed by atoms with E-state index in [9.17, 15) is 4.79 Å². The molecule has 0 saturated heterocycles. The van der Waals surface area contributed by atoms with Gasteiger partial charge in [0.05, 0.1) is 12.1 Å². The maximum atomic E-state index is 12.3. The van der Waals surface area contributed by atoms with Gasteiger partial charge in [-0.3, -0.25) is 4.98 Å². The highest BCUT2D eigenvalue weighted by atomic mass is 16.5. The Kier molecular flexibility index (Phi) is 4.05. The zero-order valence-corrected chi connectivity index (χ0v) is 14.5. The van der Waals surface area contributed by atoms with Crippen LogP contribution in [0.5, 0.6) is 11.5 Å². The molecular formula is C21H17NO4. The minimum atomic E-state index is -0.393. The second-order valence-electron chi connectivity index (χ2n) is 5.84. The first-order chi connectivity index (χ1) is 12.7. The number of carbonyl (C=O) groups is 1. The van der Waals surface area contributed by atoms with Crippen LogP contribution < -0.4 is 4.74 Å². The van der Waals surface area contributed by atoms with Gasteiger partial charge in [0.15, 0.2) is 0 Å². The highest BCUT2D eigenvalue weighted by molar-refractivity contribution is 6.05. The van der Waals surface area contributed by atoms with Crippen LogP contribution >= 0.6 is 0 Å². The van der Waals surface area contributed by atoms with Crippen LogP contribution in [0.2, 0.25) is 0 Å². The maximum absolute atomic E-state index is 12.3. The molecule has 0 N–H and O–H groups in total. The van der Waals surface area contributed by atoms with E-state index in [1.165, 1.54) is 0 Å². The van der Waals surface area contributed by atoms with Crippen molar-refractivity contribution in [1.82, 2.24) is 4.98 Å². The standard InChI is InChI=1S/C21H17NO4/c1-3-24-21(23)20-13(2)25-19-10-9-14(12-16(19)20)26-18-8-4-7-17-15(18)6-5-11-22-17/h4-12H,3H2,1-2H3. The molecule has 0 saturated carbocycles. The summed E-state index contributed by atoms with van der Waals surface area (Å²) in [5.41, 5.74) is 1.92. The third-order valence-electron chi connectivity index (χ3n) is 4.15. The second-order valence-corrected chi connectivity index (χ2v) is 5.84. The first-order valence-electron chi connectivity index (χ1n) is 8.39. The van der Waals surface area contributed by atoms with Gasteiger partial charge in [-0.05, 0) is 56.3 Å². The molecule has 5 nitrogen and oxygen atoms in total. The van der Waals surface area contributed by atoms with Gasteiger partial charge in [0.2, 0.25) is 0 Å². The van der Waals surface area contributed by atoms with E-state index in [0.29, 0.717) is 40.4 Å². The minimum Gasteiger partial charge on any atom is -0.462 e. The number of furan rings is 1. The Hall–Kier alpha value is -3.34. The first-order valence-corrected chi connectivity index (χ1v) is 8.39. The van der Waals surface area contributed by atoms with Crippen molar-refractivity contribution in [3.05, 3.63) is 66.1 Å². The summed E-state index contributed by atoms with van der Waals surface area (Å²) in [6.45, 7) is 3.84. The van der Waals surface area contributed by atoms with Crippen LogP contribution in [-0.4, -0.2) is 17.6 Å². The molecule has 2 heterocycles. The van der Waals surface area contributed by atoms with E-state index in [1.807, 2.05) is 36.4 Å². The number of fused-ring (bicyclic) bond motifs is 2. The van der Waals surface area contributed by atoms with Crippen molar-refractivity contribution in [3.63, 3.8) is 0 Å². The van der Waals surface area contributed by atoms with Gasteiger partial charge in [-0.2, -0.15) is 0 Å². The smallest absolute Gasteiger partial charge is 0.342 e. The molecule has 0 aliphatic heterocycles. The molecule has 0 amide bonds. The summed E-state index contributed by atoms with van der Waals surface area (Å²) in [4.78, 5) is 16.6. The van der Waals surface area contributed by atoms with Crippen molar-refractivity contribution in [2.75, 3.05) is 6.61 Å². The van der Waals surface area contributed by atoms with Gasteiger partial charge in [0.25, 0.3) is 0 Å². The van der Waals surface area contributed by atoms with Crippen LogP contribution in [0.25, 0.3) is 21.9 Å². The Morgan fingerprint density at radius 1 is 1.12 bits per heavy atom. The van der Waals surface area contributed by atoms with Crippen molar-refractivity contribution in [2.45, 2.75) is 13.8 Å². The van der Waals surface area contributed by atoms with E-state index in [1.54, 1.807) is 32.2 Å². The average Bonchev–Trinajstić information content (AvgIpc) is 2.97. The number of pyridine rings is 1. The van der Waals surface area contributed by atoms with Gasteiger partial charge < -0.3 is 13.9 Å². The number of hydrogen-bond acceptors (Lipinski definition) is 5. The van der Waals surface area contributed by atoms with Gasteiger partial charge >= 0.3 is 5.97 Å². The van der Waals surface area contributed by atoms with Crippen molar-refractivity contribution in [2.24, 2.45) is 0 Å². The number of esters is 1. The number of carbonyl (C=O) groups excluding carboxylic acids is 1. The lowest BCUT2D eigenvalue weighted by Crippen LogP contribution is -2.05. The molecule has 2 aromatic heterocycles. The molecule has 2 aromatic carbocycles. The Labute approximate surface area is 150 Å². The summed E-state index contributed by atoms with van der Waals surface area (Å²) in [7, 11) is 0. The highest BCUT2D eigenvalue weighted by Crippen LogP contribution is 2.33. The molecule has 130 valence electrons. The molecule has 0 spiro atoms. The third kappa shape index (κ3) is 2.77. The average molecular weight is 347 g/mol. The predicted molar refractivity (Wildman–Crippen MR) is 98.7 cm³/mol. The van der Waals surface area contributed by atoms with Crippen molar-refractivity contribution in [1.29, 1.82) is 0 Å². The largest absolute Gasteiger partial charge is 0.462 e. The number of nitrogens with zero attached hydrogens (tertiary/aromatic N) is 1. The van der Waals surface area contributed by atoms with E-state index < -0.39 is 5.97 Å². The summed E-state index contributed by atoms with van der Waals surface area (Å²) >= 11 is 0. The normalized spacial score (nSPS) is 11.0. The maximum Gasteiger partial charge on any atom is 0.342 e. The quantitative estimate of drug-likeness (QED) is 0.471. The Morgan fingerprint density at radius 2 is 2.00 bits per heavy atom. The van der Waals surface area contributed by atoms with Gasteiger partial charge in [-0.15, -0.1) is 0 Å². The topological polar surface area (TPSA) is 61.6 Å². The van der Waals surface area contributed by atoms with Crippen molar-refractivity contribution >= 4 is 27.8 Å². The second kappa shape index (κ2) is 6.52. The van der Waals surface area contributed by atoms with Crippen LogP contribution in [0.4, 0.5) is 0 Å². The summed E-state index contributed by atoms with van der Waals surface area (Å²) in [5, 5.41) is 1.60. The minimum absolute atomic E-state index is 0.310. The van der Waals surface area contributed by atoms with Crippen LogP contribution in [0.3, 0.4) is 0 Å². The van der Waals surface area contributed by atoms with E-state index in [-0.39, 0.29) is 0 Å². The molecule has 5 heteroatoms. The van der Waals surface area contributed by atoms with E-state index >= 15 is 0 Å². The molecular weight excluding hydrogens is 330 g/mol. The zero-order valence-electron chi connectivity index (χ0n) is 14.5. The summed E-state index contributed by atoms with van der Waals surface area (Å²) < 4.78 is 16.9. The number of hydrogen-bond donors (Lipinski definition) is 0. The lowest BCUT2D eigenvalue weighted by molar-refractivity contribution is 0.0526. The fourth-order valence-corrected chi connectivity index (χ4v) is 3.01. The van der Waals surface area contributed by atoms with Crippen molar-refractivity contribution < 1.29 is 18.7 Å². The monoisotopic (exact) mass is 347 g/mol. The van der Waals surface area contributed by atoms with E-state index in [4.69, 9.17) is 13.9 Å². The number of aryl methyl sites for hydroxylation is 1. The van der Waals surface area contributed by atoms with Crippen LogP contribution in [-0.2, 0) is 4.74 Å². The molecule has 0 unspecified atom stereocenters. The van der Waals surface area contributed by atoms with Gasteiger partial charge in [0, 0.05) is 17.0 Å². The van der Waals surface area contributed by atoms with Gasteiger partial charge in [0.1, 0.15) is 28.4 Å². The lowest BCUT2D eigenvalue weighted by Gasteiger charge is -2.08. The Morgan fingerprint density at radius 3 is 2.85 bits per heavy atom. The van der Waals surface area contributed by atoms with Crippen LogP contribution in [0.1, 0.15) is 23.0 Å². The molecule has 0 radical (unpaired) electrons. The zero-order chi connectivity index (χ0) is 18.1. The molecule has 0 aliphatic rings. The number of ether oxygens (including phenoxy) is 2. The summed E-state index contributed by atoms with van der Waals surface area (Å²) in [5.74, 6) is 1.45. The van der Waals surface area contributed by atoms with Gasteiger partial charge in [-0.25, -0.2) is 4.79 Å². The molecule has 26 heavy (non-hydrogen) atoms. The van der Waals surface area contributed by atoms with Crippen LogP contribution in [0, 0.1) is 6.92 Å². The number of aromatic nitrogens is 1. The first kappa shape index (κ1) is 16.1. The summed E-state index contributed by atoms with van der Waals surface area (Å²) in [6, 6.07) is 15.0. The molecule has 0 atom stereocenters. The Bertz CT molecular complexity index is 1110. The third-order valence-corrected chi connectivity index (χ3v) is 4.15. The lowest BCUT2D eigenvalue weighted by atomic mass is 10.1. The predicted octanol–water partition coefficient (Wildman–Crippen LogP) is 5.26. The molecule has 0 bridgehead atoms. The van der Waals surface area contributed by atoms with E-state index in [0.717, 1.165) is 10.9 Å². The number of benzene rings is 2.